The Labute approximate surface area is 129 Å². The molecule has 0 saturated heterocycles. The Morgan fingerprint density at radius 1 is 0.800 bits per heavy atom. The van der Waals surface area contributed by atoms with E-state index in [0.29, 0.717) is 0 Å². The van der Waals surface area contributed by atoms with Gasteiger partial charge in [0.2, 0.25) is 0 Å². The lowest BCUT2D eigenvalue weighted by atomic mass is 9.92. The van der Waals surface area contributed by atoms with Crippen molar-refractivity contribution in [2.45, 2.75) is 99.3 Å². The van der Waals surface area contributed by atoms with Gasteiger partial charge in [0.1, 0.15) is 0 Å². The Hall–Kier alpha value is -0.260. The van der Waals surface area contributed by atoms with Crippen molar-refractivity contribution in [2.24, 2.45) is 17.8 Å². The van der Waals surface area contributed by atoms with E-state index in [1.165, 1.54) is 57.8 Å². The molecule has 0 aliphatic carbocycles. The molecule has 0 N–H and O–H groups in total. The summed E-state index contributed by atoms with van der Waals surface area (Å²) in [5.41, 5.74) is 1.55. The quantitative estimate of drug-likeness (QED) is 0.327. The van der Waals surface area contributed by atoms with Crippen LogP contribution in [0.2, 0.25) is 0 Å². The molecule has 0 aliphatic rings. The van der Waals surface area contributed by atoms with Gasteiger partial charge in [-0.2, -0.15) is 0 Å². The van der Waals surface area contributed by atoms with Gasteiger partial charge in [-0.3, -0.25) is 0 Å². The largest absolute Gasteiger partial charge is 0.0856 e. The molecular formula is C20H40. The van der Waals surface area contributed by atoms with Crippen LogP contribution in [0, 0.1) is 17.8 Å². The lowest BCUT2D eigenvalue weighted by Crippen LogP contribution is -2.00. The zero-order valence-electron chi connectivity index (χ0n) is 15.2. The predicted molar refractivity (Wildman–Crippen MR) is 94.2 cm³/mol. The summed E-state index contributed by atoms with van der Waals surface area (Å²) in [5, 5.41) is 0. The molecule has 20 heavy (non-hydrogen) atoms. The zero-order chi connectivity index (χ0) is 15.4. The van der Waals surface area contributed by atoms with Crippen molar-refractivity contribution in [3.8, 4) is 0 Å². The molecule has 120 valence electrons. The van der Waals surface area contributed by atoms with Crippen molar-refractivity contribution in [3.05, 3.63) is 11.6 Å². The van der Waals surface area contributed by atoms with E-state index in [2.05, 4.69) is 47.6 Å². The first-order valence-corrected chi connectivity index (χ1v) is 9.11. The molecule has 0 saturated carbocycles. The minimum absolute atomic E-state index is 0.877. The smallest absolute Gasteiger partial charge is 0.0346 e. The van der Waals surface area contributed by atoms with Gasteiger partial charge in [0, 0.05) is 0 Å². The molecule has 0 amide bonds. The van der Waals surface area contributed by atoms with Crippen LogP contribution in [-0.4, -0.2) is 0 Å². The summed E-state index contributed by atoms with van der Waals surface area (Å²) in [6.45, 7) is 14.0. The van der Waals surface area contributed by atoms with Crippen molar-refractivity contribution in [1.29, 1.82) is 0 Å². The van der Waals surface area contributed by atoms with Crippen molar-refractivity contribution < 1.29 is 0 Å². The fourth-order valence-corrected chi connectivity index (χ4v) is 2.74. The monoisotopic (exact) mass is 280 g/mol. The number of rotatable bonds is 12. The Morgan fingerprint density at radius 2 is 1.30 bits per heavy atom. The molecule has 0 heterocycles. The molecule has 0 aromatic rings. The zero-order valence-corrected chi connectivity index (χ0v) is 15.2. The highest BCUT2D eigenvalue weighted by Crippen LogP contribution is 2.21. The highest BCUT2D eigenvalue weighted by molar-refractivity contribution is 4.96. The van der Waals surface area contributed by atoms with Gasteiger partial charge in [0.25, 0.3) is 0 Å². The minimum Gasteiger partial charge on any atom is -0.0856 e. The van der Waals surface area contributed by atoms with Crippen LogP contribution in [0.3, 0.4) is 0 Å². The van der Waals surface area contributed by atoms with Gasteiger partial charge in [-0.25, -0.2) is 0 Å². The maximum Gasteiger partial charge on any atom is -0.0346 e. The molecule has 0 aliphatic heterocycles. The van der Waals surface area contributed by atoms with Gasteiger partial charge in [-0.05, 0) is 43.9 Å². The fraction of sp³-hybridized carbons (Fsp3) is 0.900. The molecule has 0 bridgehead atoms. The van der Waals surface area contributed by atoms with E-state index in [1.54, 1.807) is 5.57 Å². The third-order valence-electron chi connectivity index (χ3n) is 4.58. The first kappa shape index (κ1) is 19.7. The highest BCUT2D eigenvalue weighted by atomic mass is 14.1. The maximum absolute atomic E-state index is 2.44. The van der Waals surface area contributed by atoms with E-state index in [0.717, 1.165) is 17.8 Å². The Kier molecular flexibility index (Phi) is 12.3. The summed E-state index contributed by atoms with van der Waals surface area (Å²) in [7, 11) is 0. The van der Waals surface area contributed by atoms with Crippen LogP contribution < -0.4 is 0 Å². The molecule has 0 rings (SSSR count). The molecule has 0 nitrogen and oxygen atoms in total. The molecule has 0 fully saturated rings. The summed E-state index contributed by atoms with van der Waals surface area (Å²) < 4.78 is 0. The molecule has 0 spiro atoms. The van der Waals surface area contributed by atoms with Gasteiger partial charge < -0.3 is 0 Å². The van der Waals surface area contributed by atoms with Crippen molar-refractivity contribution >= 4 is 0 Å². The molecule has 0 radical (unpaired) electrons. The second-order valence-corrected chi connectivity index (χ2v) is 7.45. The van der Waals surface area contributed by atoms with E-state index >= 15 is 0 Å². The normalized spacial score (nSPS) is 15.7. The van der Waals surface area contributed by atoms with Crippen LogP contribution in [0.4, 0.5) is 0 Å². The number of allylic oxidation sites excluding steroid dienone is 2. The summed E-state index contributed by atoms with van der Waals surface area (Å²) in [6.07, 6.45) is 14.9. The topological polar surface area (TPSA) is 0 Å². The Bertz CT molecular complexity index is 236. The molecule has 0 aromatic carbocycles. The SMILES string of the molecule is CC/C(C)=C\CCC(C)CCCC(C)CCCC(C)C. The van der Waals surface area contributed by atoms with Crippen LogP contribution in [-0.2, 0) is 0 Å². The minimum atomic E-state index is 0.877. The van der Waals surface area contributed by atoms with Gasteiger partial charge in [0.05, 0.1) is 0 Å². The average Bonchev–Trinajstić information content (AvgIpc) is 2.38. The van der Waals surface area contributed by atoms with E-state index in [9.17, 15) is 0 Å². The molecular weight excluding hydrogens is 240 g/mol. The van der Waals surface area contributed by atoms with Crippen LogP contribution in [0.1, 0.15) is 99.3 Å². The fourth-order valence-electron chi connectivity index (χ4n) is 2.74. The van der Waals surface area contributed by atoms with Crippen molar-refractivity contribution in [3.63, 3.8) is 0 Å². The first-order chi connectivity index (χ1) is 9.45. The van der Waals surface area contributed by atoms with Crippen LogP contribution >= 0.6 is 0 Å². The standard InChI is InChI=1S/C20H40/c1-7-18(4)12-9-14-20(6)16-10-15-19(5)13-8-11-17(2)3/h12,17,19-20H,7-11,13-16H2,1-6H3/b18-12-. The summed E-state index contributed by atoms with van der Waals surface area (Å²) >= 11 is 0. The van der Waals surface area contributed by atoms with Gasteiger partial charge >= 0.3 is 0 Å². The van der Waals surface area contributed by atoms with Crippen molar-refractivity contribution in [1.82, 2.24) is 0 Å². The number of hydrogen-bond acceptors (Lipinski definition) is 0. The summed E-state index contributed by atoms with van der Waals surface area (Å²) in [4.78, 5) is 0. The Morgan fingerprint density at radius 3 is 1.80 bits per heavy atom. The van der Waals surface area contributed by atoms with E-state index in [-0.39, 0.29) is 0 Å². The summed E-state index contributed by atoms with van der Waals surface area (Å²) in [6, 6.07) is 0. The predicted octanol–water partition coefficient (Wildman–Crippen LogP) is 7.39. The molecule has 0 heteroatoms. The van der Waals surface area contributed by atoms with Gasteiger partial charge in [0.15, 0.2) is 0 Å². The van der Waals surface area contributed by atoms with Crippen LogP contribution in [0.5, 0.6) is 0 Å². The average molecular weight is 281 g/mol. The second-order valence-electron chi connectivity index (χ2n) is 7.45. The third kappa shape index (κ3) is 12.8. The first-order valence-electron chi connectivity index (χ1n) is 9.11. The van der Waals surface area contributed by atoms with E-state index in [4.69, 9.17) is 0 Å². The van der Waals surface area contributed by atoms with Crippen LogP contribution in [0.25, 0.3) is 0 Å². The second kappa shape index (κ2) is 12.5. The van der Waals surface area contributed by atoms with E-state index in [1.807, 2.05) is 0 Å². The maximum atomic E-state index is 2.44. The van der Waals surface area contributed by atoms with Gasteiger partial charge in [-0.15, -0.1) is 0 Å². The lowest BCUT2D eigenvalue weighted by Gasteiger charge is -2.14. The molecule has 2 atom stereocenters. The molecule has 2 unspecified atom stereocenters. The summed E-state index contributed by atoms with van der Waals surface area (Å²) in [5.74, 6) is 2.71. The van der Waals surface area contributed by atoms with Crippen LogP contribution in [0.15, 0.2) is 11.6 Å². The lowest BCUT2D eigenvalue weighted by molar-refractivity contribution is 0.393. The molecule has 0 aromatic heterocycles. The van der Waals surface area contributed by atoms with Crippen molar-refractivity contribution in [2.75, 3.05) is 0 Å². The Balaban J connectivity index is 3.52. The highest BCUT2D eigenvalue weighted by Gasteiger charge is 2.06. The van der Waals surface area contributed by atoms with Gasteiger partial charge in [-0.1, -0.05) is 84.8 Å². The van der Waals surface area contributed by atoms with E-state index < -0.39 is 0 Å². The third-order valence-corrected chi connectivity index (χ3v) is 4.58. The number of hydrogen-bond donors (Lipinski definition) is 0.